The molecule has 0 amide bonds. The van der Waals surface area contributed by atoms with Gasteiger partial charge in [-0.25, -0.2) is 4.98 Å². The van der Waals surface area contributed by atoms with E-state index in [-0.39, 0.29) is 0 Å². The van der Waals surface area contributed by atoms with Crippen molar-refractivity contribution in [2.75, 3.05) is 0 Å². The summed E-state index contributed by atoms with van der Waals surface area (Å²) in [7, 11) is 0. The molecule has 0 radical (unpaired) electrons. The van der Waals surface area contributed by atoms with Gasteiger partial charge in [-0.2, -0.15) is 4.98 Å². The lowest BCUT2D eigenvalue weighted by Gasteiger charge is -2.10. The van der Waals surface area contributed by atoms with E-state index in [9.17, 15) is 0 Å². The number of rotatable bonds is 3. The molecule has 0 bridgehead atoms. The lowest BCUT2D eigenvalue weighted by atomic mass is 10.1. The Morgan fingerprint density at radius 3 is 2.37 bits per heavy atom. The van der Waals surface area contributed by atoms with E-state index in [1.54, 1.807) is 6.20 Å². The van der Waals surface area contributed by atoms with Crippen molar-refractivity contribution in [2.24, 2.45) is 0 Å². The smallest absolute Gasteiger partial charge is 0.230 e. The number of hydrogen-bond acceptors (Lipinski definition) is 4. The van der Waals surface area contributed by atoms with Gasteiger partial charge < -0.3 is 4.74 Å². The van der Waals surface area contributed by atoms with Gasteiger partial charge in [0.2, 0.25) is 5.88 Å². The average Bonchev–Trinajstić information content (AvgIpc) is 2.74. The van der Waals surface area contributed by atoms with Gasteiger partial charge in [0.15, 0.2) is 5.82 Å². The Labute approximate surface area is 156 Å². The molecule has 0 aliphatic rings. The van der Waals surface area contributed by atoms with Crippen molar-refractivity contribution in [1.29, 1.82) is 0 Å². The second-order valence-corrected chi connectivity index (χ2v) is 6.20. The van der Waals surface area contributed by atoms with Crippen molar-refractivity contribution in [3.8, 4) is 23.1 Å². The molecule has 2 heterocycles. The number of para-hydroxylation sites is 1. The van der Waals surface area contributed by atoms with Crippen LogP contribution in [-0.2, 0) is 0 Å². The maximum Gasteiger partial charge on any atom is 0.230 e. The normalized spacial score (nSPS) is 11.0. The monoisotopic (exact) mass is 349 g/mol. The van der Waals surface area contributed by atoms with E-state index in [2.05, 4.69) is 27.1 Å². The second-order valence-electron chi connectivity index (χ2n) is 6.20. The summed E-state index contributed by atoms with van der Waals surface area (Å²) in [5.41, 5.74) is 1.54. The predicted molar refractivity (Wildman–Crippen MR) is 107 cm³/mol. The fraction of sp³-hybridized carbons (Fsp3) is 0. The van der Waals surface area contributed by atoms with Gasteiger partial charge >= 0.3 is 0 Å². The third-order valence-electron chi connectivity index (χ3n) is 4.40. The van der Waals surface area contributed by atoms with Gasteiger partial charge in [-0.3, -0.25) is 4.98 Å². The molecule has 27 heavy (non-hydrogen) atoms. The Bertz CT molecular complexity index is 1250. The van der Waals surface area contributed by atoms with E-state index in [1.165, 1.54) is 5.39 Å². The van der Waals surface area contributed by atoms with E-state index >= 15 is 0 Å². The van der Waals surface area contributed by atoms with Gasteiger partial charge in [-0.1, -0.05) is 48.5 Å². The summed E-state index contributed by atoms with van der Waals surface area (Å²) < 4.78 is 6.18. The quantitative estimate of drug-likeness (QED) is 0.423. The molecule has 0 unspecified atom stereocenters. The van der Waals surface area contributed by atoms with E-state index in [0.717, 1.165) is 22.0 Å². The highest BCUT2D eigenvalue weighted by atomic mass is 16.5. The van der Waals surface area contributed by atoms with Crippen LogP contribution in [0.4, 0.5) is 0 Å². The van der Waals surface area contributed by atoms with Crippen molar-refractivity contribution in [3.05, 3.63) is 91.1 Å². The van der Waals surface area contributed by atoms with Gasteiger partial charge in [0.1, 0.15) is 11.4 Å². The van der Waals surface area contributed by atoms with Crippen LogP contribution in [-0.4, -0.2) is 15.0 Å². The molecule has 0 atom stereocenters. The number of pyridine rings is 1. The molecule has 0 aliphatic carbocycles. The SMILES string of the molecule is c1ccc(-c2nc(Oc3ccc4ccccc4c3)c3ccccc3n2)nc1. The number of nitrogens with zero attached hydrogens (tertiary/aromatic N) is 3. The molecule has 5 rings (SSSR count). The Hall–Kier alpha value is -3.79. The highest BCUT2D eigenvalue weighted by Crippen LogP contribution is 2.31. The van der Waals surface area contributed by atoms with Crippen LogP contribution in [0.2, 0.25) is 0 Å². The zero-order chi connectivity index (χ0) is 18.1. The highest BCUT2D eigenvalue weighted by molar-refractivity contribution is 5.86. The largest absolute Gasteiger partial charge is 0.438 e. The highest BCUT2D eigenvalue weighted by Gasteiger charge is 2.12. The van der Waals surface area contributed by atoms with Gasteiger partial charge in [-0.15, -0.1) is 0 Å². The minimum atomic E-state index is 0.525. The first-order valence-corrected chi connectivity index (χ1v) is 8.72. The molecule has 0 aliphatic heterocycles. The molecule has 0 saturated heterocycles. The van der Waals surface area contributed by atoms with Crippen LogP contribution in [0.5, 0.6) is 11.6 Å². The number of hydrogen-bond donors (Lipinski definition) is 0. The lowest BCUT2D eigenvalue weighted by Crippen LogP contribution is -1.97. The van der Waals surface area contributed by atoms with Gasteiger partial charge in [0.05, 0.1) is 10.9 Å². The second kappa shape index (κ2) is 6.50. The van der Waals surface area contributed by atoms with Crippen LogP contribution in [0.25, 0.3) is 33.2 Å². The molecule has 3 aromatic carbocycles. The van der Waals surface area contributed by atoms with Crippen molar-refractivity contribution in [2.45, 2.75) is 0 Å². The van der Waals surface area contributed by atoms with E-state index in [1.807, 2.05) is 72.8 Å². The fourth-order valence-corrected chi connectivity index (χ4v) is 3.08. The predicted octanol–water partition coefficient (Wildman–Crippen LogP) is 5.64. The van der Waals surface area contributed by atoms with Crippen LogP contribution in [0, 0.1) is 0 Å². The molecule has 5 aromatic rings. The van der Waals surface area contributed by atoms with Crippen LogP contribution >= 0.6 is 0 Å². The molecule has 128 valence electrons. The summed E-state index contributed by atoms with van der Waals surface area (Å²) >= 11 is 0. The zero-order valence-corrected chi connectivity index (χ0v) is 14.4. The minimum absolute atomic E-state index is 0.525. The first-order valence-electron chi connectivity index (χ1n) is 8.72. The number of aromatic nitrogens is 3. The van der Waals surface area contributed by atoms with E-state index < -0.39 is 0 Å². The van der Waals surface area contributed by atoms with Crippen LogP contribution in [0.15, 0.2) is 91.1 Å². The summed E-state index contributed by atoms with van der Waals surface area (Å²) in [6.45, 7) is 0. The Morgan fingerprint density at radius 1 is 0.667 bits per heavy atom. The van der Waals surface area contributed by atoms with Crippen molar-refractivity contribution in [3.63, 3.8) is 0 Å². The molecular formula is C23H15N3O. The zero-order valence-electron chi connectivity index (χ0n) is 14.4. The van der Waals surface area contributed by atoms with Gasteiger partial charge in [0, 0.05) is 6.20 Å². The molecular weight excluding hydrogens is 334 g/mol. The van der Waals surface area contributed by atoms with Crippen molar-refractivity contribution in [1.82, 2.24) is 15.0 Å². The molecule has 4 heteroatoms. The molecule has 2 aromatic heterocycles. The van der Waals surface area contributed by atoms with Gasteiger partial charge in [-0.05, 0) is 47.2 Å². The van der Waals surface area contributed by atoms with E-state index in [0.29, 0.717) is 17.4 Å². The first-order chi connectivity index (χ1) is 13.4. The molecule has 0 saturated carbocycles. The Balaban J connectivity index is 1.64. The maximum atomic E-state index is 6.18. The summed E-state index contributed by atoms with van der Waals surface area (Å²) in [6.07, 6.45) is 1.73. The summed E-state index contributed by atoms with van der Waals surface area (Å²) in [5.74, 6) is 1.81. The standard InChI is InChI=1S/C23H15N3O/c1-2-8-17-15-18(13-12-16(17)7-1)27-23-19-9-3-4-10-20(19)25-22(26-23)21-11-5-6-14-24-21/h1-15H. The third-order valence-corrected chi connectivity index (χ3v) is 4.40. The van der Waals surface area contributed by atoms with Crippen LogP contribution < -0.4 is 4.74 Å². The summed E-state index contributed by atoms with van der Waals surface area (Å²) in [6, 6.07) is 27.7. The number of benzene rings is 3. The molecule has 0 fully saturated rings. The molecule has 4 nitrogen and oxygen atoms in total. The van der Waals surface area contributed by atoms with Gasteiger partial charge in [0.25, 0.3) is 0 Å². The Morgan fingerprint density at radius 2 is 1.48 bits per heavy atom. The number of ether oxygens (including phenoxy) is 1. The van der Waals surface area contributed by atoms with Crippen LogP contribution in [0.3, 0.4) is 0 Å². The maximum absolute atomic E-state index is 6.18. The van der Waals surface area contributed by atoms with Crippen molar-refractivity contribution >= 4 is 21.7 Å². The molecule has 0 spiro atoms. The topological polar surface area (TPSA) is 47.9 Å². The summed E-state index contributed by atoms with van der Waals surface area (Å²) in [5, 5.41) is 3.16. The third kappa shape index (κ3) is 2.98. The van der Waals surface area contributed by atoms with Crippen molar-refractivity contribution < 1.29 is 4.74 Å². The Kier molecular flexibility index (Phi) is 3.72. The van der Waals surface area contributed by atoms with E-state index in [4.69, 9.17) is 4.74 Å². The molecule has 0 N–H and O–H groups in total. The minimum Gasteiger partial charge on any atom is -0.438 e. The first kappa shape index (κ1) is 15.5. The average molecular weight is 349 g/mol. The lowest BCUT2D eigenvalue weighted by molar-refractivity contribution is 0.469. The summed E-state index contributed by atoms with van der Waals surface area (Å²) in [4.78, 5) is 13.7. The number of fused-ring (bicyclic) bond motifs is 2. The van der Waals surface area contributed by atoms with Crippen LogP contribution in [0.1, 0.15) is 0 Å². The fourth-order valence-electron chi connectivity index (χ4n) is 3.08.